The van der Waals surface area contributed by atoms with E-state index in [4.69, 9.17) is 0 Å². The van der Waals surface area contributed by atoms with Gasteiger partial charge in [0.05, 0.1) is 0 Å². The molecule has 6 nitrogen and oxygen atoms in total. The van der Waals surface area contributed by atoms with Crippen LogP contribution in [0.3, 0.4) is 0 Å². The zero-order valence-electron chi connectivity index (χ0n) is 20.1. The highest BCUT2D eigenvalue weighted by atomic mass is 15.2. The highest BCUT2D eigenvalue weighted by Gasteiger charge is 2.15. The molecular weight excluding hydrogens is 444 g/mol. The van der Waals surface area contributed by atoms with Crippen molar-refractivity contribution >= 4 is 23.3 Å². The van der Waals surface area contributed by atoms with Crippen LogP contribution in [-0.2, 0) is 12.8 Å². The average molecular weight is 473 g/mol. The van der Waals surface area contributed by atoms with Crippen LogP contribution in [0.2, 0.25) is 0 Å². The molecule has 5 aromatic rings. The van der Waals surface area contributed by atoms with Crippen molar-refractivity contribution < 1.29 is 0 Å². The van der Waals surface area contributed by atoms with Crippen molar-refractivity contribution in [2.75, 3.05) is 22.9 Å². The van der Waals surface area contributed by atoms with Gasteiger partial charge in [-0.15, -0.1) is 0 Å². The van der Waals surface area contributed by atoms with Crippen molar-refractivity contribution in [2.24, 2.45) is 0 Å². The predicted molar refractivity (Wildman–Crippen MR) is 145 cm³/mol. The highest BCUT2D eigenvalue weighted by Crippen LogP contribution is 2.24. The molecule has 1 aromatic carbocycles. The summed E-state index contributed by atoms with van der Waals surface area (Å²) in [5.41, 5.74) is 2.63. The van der Waals surface area contributed by atoms with E-state index in [1.807, 2.05) is 97.6 Å². The number of hydrogen-bond donors (Lipinski definition) is 0. The Kier molecular flexibility index (Phi) is 7.54. The summed E-state index contributed by atoms with van der Waals surface area (Å²) in [5, 5.41) is 0. The maximum absolute atomic E-state index is 4.58. The maximum Gasteiger partial charge on any atom is 0.134 e. The van der Waals surface area contributed by atoms with Gasteiger partial charge in [-0.2, -0.15) is 0 Å². The van der Waals surface area contributed by atoms with Crippen LogP contribution in [0.5, 0.6) is 0 Å². The van der Waals surface area contributed by atoms with E-state index in [1.54, 1.807) is 0 Å². The van der Waals surface area contributed by atoms with Gasteiger partial charge in [-0.05, 0) is 72.5 Å². The number of nitrogens with zero attached hydrogens (tertiary/aromatic N) is 6. The zero-order valence-corrected chi connectivity index (χ0v) is 20.1. The zero-order chi connectivity index (χ0) is 24.4. The Morgan fingerprint density at radius 2 is 0.694 bits per heavy atom. The first kappa shape index (κ1) is 23.2. The number of aromatic nitrogens is 4. The van der Waals surface area contributed by atoms with Crippen LogP contribution in [-0.4, -0.2) is 33.0 Å². The van der Waals surface area contributed by atoms with Crippen LogP contribution >= 0.6 is 0 Å². The van der Waals surface area contributed by atoms with Crippen LogP contribution in [0.1, 0.15) is 11.1 Å². The van der Waals surface area contributed by atoms with E-state index in [9.17, 15) is 0 Å². The minimum atomic E-state index is 0.773. The summed E-state index contributed by atoms with van der Waals surface area (Å²) in [6.07, 6.45) is 9.03. The van der Waals surface area contributed by atoms with Crippen molar-refractivity contribution in [2.45, 2.75) is 12.8 Å². The molecule has 6 heteroatoms. The Morgan fingerprint density at radius 1 is 0.389 bits per heavy atom. The molecule has 0 fully saturated rings. The molecule has 0 unspecified atom stereocenters. The average Bonchev–Trinajstić information content (AvgIpc) is 2.96. The molecule has 0 atom stereocenters. The summed E-state index contributed by atoms with van der Waals surface area (Å²) >= 11 is 0. The van der Waals surface area contributed by atoms with Crippen LogP contribution in [0.25, 0.3) is 0 Å². The largest absolute Gasteiger partial charge is 0.311 e. The lowest BCUT2D eigenvalue weighted by molar-refractivity contribution is 0.842. The standard InChI is InChI=1S/C30H28N6/c1-2-12-26(18-24-36(29-15-5-9-21-33-29)30-16-6-10-22-34-30)25(11-1)17-23-35(27-13-3-7-19-31-27)28-14-4-8-20-32-28/h1-16,19-22H,17-18,23-24H2. The number of hydrogen-bond acceptors (Lipinski definition) is 6. The minimum absolute atomic E-state index is 0.773. The summed E-state index contributed by atoms with van der Waals surface area (Å²) in [4.78, 5) is 22.7. The molecule has 0 aliphatic heterocycles. The molecule has 0 aliphatic rings. The Hall–Kier alpha value is -4.58. The third-order valence-electron chi connectivity index (χ3n) is 6.03. The minimum Gasteiger partial charge on any atom is -0.311 e. The van der Waals surface area contributed by atoms with Crippen molar-refractivity contribution in [1.29, 1.82) is 0 Å². The van der Waals surface area contributed by atoms with Gasteiger partial charge in [0, 0.05) is 37.9 Å². The van der Waals surface area contributed by atoms with Gasteiger partial charge in [-0.1, -0.05) is 48.5 Å². The monoisotopic (exact) mass is 472 g/mol. The summed E-state index contributed by atoms with van der Waals surface area (Å²) in [5.74, 6) is 3.57. The van der Waals surface area contributed by atoms with Gasteiger partial charge in [-0.3, -0.25) is 0 Å². The van der Waals surface area contributed by atoms with Gasteiger partial charge in [0.15, 0.2) is 0 Å². The number of rotatable bonds is 10. The maximum atomic E-state index is 4.58. The fourth-order valence-electron chi connectivity index (χ4n) is 4.26. The molecular formula is C30H28N6. The van der Waals surface area contributed by atoms with Crippen LogP contribution in [0.15, 0.2) is 122 Å². The van der Waals surface area contributed by atoms with Crippen LogP contribution in [0.4, 0.5) is 23.3 Å². The fourth-order valence-corrected chi connectivity index (χ4v) is 4.26. The molecule has 36 heavy (non-hydrogen) atoms. The van der Waals surface area contributed by atoms with E-state index in [0.29, 0.717) is 0 Å². The molecule has 0 spiro atoms. The first-order valence-corrected chi connectivity index (χ1v) is 12.1. The third-order valence-corrected chi connectivity index (χ3v) is 6.03. The SMILES string of the molecule is c1ccc(N(CCc2ccccc2CCN(c2ccccn2)c2ccccn2)c2ccccn2)nc1. The van der Waals surface area contributed by atoms with Gasteiger partial charge in [0.2, 0.25) is 0 Å². The lowest BCUT2D eigenvalue weighted by Gasteiger charge is -2.25. The topological polar surface area (TPSA) is 58.0 Å². The van der Waals surface area contributed by atoms with E-state index in [1.165, 1.54) is 11.1 Å². The van der Waals surface area contributed by atoms with Crippen LogP contribution < -0.4 is 9.80 Å². The van der Waals surface area contributed by atoms with E-state index in [2.05, 4.69) is 54.0 Å². The summed E-state index contributed by atoms with van der Waals surface area (Å²) < 4.78 is 0. The van der Waals surface area contributed by atoms with Crippen molar-refractivity contribution in [3.63, 3.8) is 0 Å². The smallest absolute Gasteiger partial charge is 0.134 e. The molecule has 0 bridgehead atoms. The highest BCUT2D eigenvalue weighted by molar-refractivity contribution is 5.56. The lowest BCUT2D eigenvalue weighted by atomic mass is 10.0. The molecule has 0 saturated heterocycles. The quantitative estimate of drug-likeness (QED) is 0.247. The van der Waals surface area contributed by atoms with Crippen molar-refractivity contribution in [3.8, 4) is 0 Å². The normalized spacial score (nSPS) is 10.7. The summed E-state index contributed by atoms with van der Waals surface area (Å²) in [6, 6.07) is 32.5. The van der Waals surface area contributed by atoms with Crippen LogP contribution in [0, 0.1) is 0 Å². The second-order valence-corrected chi connectivity index (χ2v) is 8.32. The van der Waals surface area contributed by atoms with Gasteiger partial charge >= 0.3 is 0 Å². The molecule has 4 aromatic heterocycles. The third kappa shape index (κ3) is 5.73. The summed E-state index contributed by atoms with van der Waals surface area (Å²) in [6.45, 7) is 1.55. The second kappa shape index (κ2) is 11.7. The first-order chi connectivity index (χ1) is 17.9. The molecule has 0 saturated carbocycles. The molecule has 0 N–H and O–H groups in total. The number of anilines is 4. The molecule has 4 heterocycles. The molecule has 178 valence electrons. The van der Waals surface area contributed by atoms with E-state index >= 15 is 0 Å². The molecule has 5 rings (SSSR count). The summed E-state index contributed by atoms with van der Waals surface area (Å²) in [7, 11) is 0. The Bertz CT molecular complexity index is 1150. The molecule has 0 radical (unpaired) electrons. The number of benzene rings is 1. The van der Waals surface area contributed by atoms with Gasteiger partial charge in [0.25, 0.3) is 0 Å². The van der Waals surface area contributed by atoms with Gasteiger partial charge < -0.3 is 9.80 Å². The second-order valence-electron chi connectivity index (χ2n) is 8.32. The molecule has 0 amide bonds. The first-order valence-electron chi connectivity index (χ1n) is 12.1. The Labute approximate surface area is 212 Å². The van der Waals surface area contributed by atoms with Crippen molar-refractivity contribution in [1.82, 2.24) is 19.9 Å². The van der Waals surface area contributed by atoms with Gasteiger partial charge in [0.1, 0.15) is 23.3 Å². The number of pyridine rings is 4. The predicted octanol–water partition coefficient (Wildman–Crippen LogP) is 6.03. The van der Waals surface area contributed by atoms with E-state index in [0.717, 1.165) is 49.2 Å². The Balaban J connectivity index is 1.35. The van der Waals surface area contributed by atoms with Crippen molar-refractivity contribution in [3.05, 3.63) is 133 Å². The van der Waals surface area contributed by atoms with E-state index in [-0.39, 0.29) is 0 Å². The molecule has 0 aliphatic carbocycles. The Morgan fingerprint density at radius 3 is 0.972 bits per heavy atom. The lowest BCUT2D eigenvalue weighted by Crippen LogP contribution is -2.24. The van der Waals surface area contributed by atoms with E-state index < -0.39 is 0 Å². The fraction of sp³-hybridized carbons (Fsp3) is 0.133. The van der Waals surface area contributed by atoms with Gasteiger partial charge in [-0.25, -0.2) is 19.9 Å².